The summed E-state index contributed by atoms with van der Waals surface area (Å²) >= 11 is 0. The molecule has 1 atom stereocenters. The van der Waals surface area contributed by atoms with Crippen LogP contribution in [0.3, 0.4) is 0 Å². The molecule has 0 radical (unpaired) electrons. The Morgan fingerprint density at radius 3 is 2.83 bits per heavy atom. The van der Waals surface area contributed by atoms with Crippen molar-refractivity contribution in [3.05, 3.63) is 29.8 Å². The zero-order chi connectivity index (χ0) is 13.2. The van der Waals surface area contributed by atoms with Gasteiger partial charge < -0.3 is 5.32 Å². The Balaban J connectivity index is 1.94. The van der Waals surface area contributed by atoms with Gasteiger partial charge in [0.15, 0.2) is 0 Å². The minimum absolute atomic E-state index is 0.0175. The molecule has 1 N–H and O–H groups in total. The minimum atomic E-state index is -3.05. The van der Waals surface area contributed by atoms with E-state index in [1.54, 1.807) is 0 Å². The summed E-state index contributed by atoms with van der Waals surface area (Å²) in [6.45, 7) is 0.754. The molecule has 0 spiro atoms. The van der Waals surface area contributed by atoms with Crippen molar-refractivity contribution >= 4 is 21.3 Å². The van der Waals surface area contributed by atoms with Gasteiger partial charge in [-0.3, -0.25) is 4.79 Å². The number of anilines is 1. The molecular formula is C13H17NO3S. The highest BCUT2D eigenvalue weighted by Crippen LogP contribution is 2.33. The molecule has 5 heteroatoms. The van der Waals surface area contributed by atoms with E-state index >= 15 is 0 Å². The fourth-order valence-electron chi connectivity index (χ4n) is 2.22. The Morgan fingerprint density at radius 2 is 2.11 bits per heavy atom. The quantitative estimate of drug-likeness (QED) is 0.880. The van der Waals surface area contributed by atoms with Gasteiger partial charge in [-0.25, -0.2) is 8.42 Å². The van der Waals surface area contributed by atoms with Crippen LogP contribution in [0.5, 0.6) is 0 Å². The zero-order valence-corrected chi connectivity index (χ0v) is 11.2. The zero-order valence-electron chi connectivity index (χ0n) is 10.3. The van der Waals surface area contributed by atoms with Crippen molar-refractivity contribution < 1.29 is 13.2 Å². The predicted molar refractivity (Wildman–Crippen MR) is 71.6 cm³/mol. The van der Waals surface area contributed by atoms with Gasteiger partial charge in [-0.2, -0.15) is 0 Å². The van der Waals surface area contributed by atoms with Gasteiger partial charge >= 0.3 is 0 Å². The Morgan fingerprint density at radius 1 is 1.39 bits per heavy atom. The maximum Gasteiger partial charge on any atom is 0.147 e. The van der Waals surface area contributed by atoms with E-state index in [-0.39, 0.29) is 23.9 Å². The molecule has 1 unspecified atom stereocenters. The smallest absolute Gasteiger partial charge is 0.147 e. The number of hydrogen-bond acceptors (Lipinski definition) is 4. The van der Waals surface area contributed by atoms with Gasteiger partial charge in [-0.05, 0) is 11.6 Å². The number of rotatable bonds is 5. The third-order valence-corrected chi connectivity index (χ3v) is 4.11. The first kappa shape index (κ1) is 13.1. The van der Waals surface area contributed by atoms with Gasteiger partial charge in [0.05, 0.1) is 5.75 Å². The van der Waals surface area contributed by atoms with E-state index in [0.717, 1.165) is 24.1 Å². The summed E-state index contributed by atoms with van der Waals surface area (Å²) in [7, 11) is -3.05. The van der Waals surface area contributed by atoms with Crippen LogP contribution < -0.4 is 5.32 Å². The number of Topliss-reactive ketones (excluding diaryl/α,β-unsaturated/α-hetero) is 1. The number of benzene rings is 1. The van der Waals surface area contributed by atoms with Crippen LogP contribution in [-0.4, -0.2) is 32.8 Å². The molecule has 0 aromatic heterocycles. The predicted octanol–water partition coefficient (Wildman–Crippen LogP) is 1.59. The summed E-state index contributed by atoms with van der Waals surface area (Å²) in [4.78, 5) is 11.8. The van der Waals surface area contributed by atoms with Crippen LogP contribution in [0.15, 0.2) is 24.3 Å². The molecule has 0 fully saturated rings. The van der Waals surface area contributed by atoms with E-state index in [4.69, 9.17) is 0 Å². The maximum atomic E-state index is 11.8. The molecule has 18 heavy (non-hydrogen) atoms. The molecule has 2 rings (SSSR count). The summed E-state index contributed by atoms with van der Waals surface area (Å²) in [6, 6.07) is 7.93. The lowest BCUT2D eigenvalue weighted by Crippen LogP contribution is -2.13. The minimum Gasteiger partial charge on any atom is -0.384 e. The second kappa shape index (κ2) is 5.10. The second-order valence-corrected chi connectivity index (χ2v) is 7.05. The highest BCUT2D eigenvalue weighted by Gasteiger charge is 2.24. The molecule has 1 aliphatic heterocycles. The molecule has 0 aliphatic carbocycles. The average molecular weight is 267 g/mol. The summed E-state index contributed by atoms with van der Waals surface area (Å²) in [6.07, 6.45) is 1.70. The van der Waals surface area contributed by atoms with Crippen LogP contribution in [0.25, 0.3) is 0 Å². The average Bonchev–Trinajstić information content (AvgIpc) is 2.70. The monoisotopic (exact) mass is 267 g/mol. The first-order chi connectivity index (χ1) is 8.46. The first-order valence-corrected chi connectivity index (χ1v) is 8.04. The van der Waals surface area contributed by atoms with Crippen molar-refractivity contribution in [1.29, 1.82) is 0 Å². The Hall–Kier alpha value is -1.36. The highest BCUT2D eigenvalue weighted by molar-refractivity contribution is 7.90. The van der Waals surface area contributed by atoms with Crippen LogP contribution in [0, 0.1) is 0 Å². The Labute approximate surface area is 107 Å². The third kappa shape index (κ3) is 3.32. The lowest BCUT2D eigenvalue weighted by molar-refractivity contribution is -0.119. The summed E-state index contributed by atoms with van der Waals surface area (Å²) < 4.78 is 22.0. The fraction of sp³-hybridized carbons (Fsp3) is 0.462. The van der Waals surface area contributed by atoms with Crippen LogP contribution in [0.2, 0.25) is 0 Å². The molecule has 1 aliphatic rings. The van der Waals surface area contributed by atoms with Gasteiger partial charge in [0.25, 0.3) is 0 Å². The van der Waals surface area contributed by atoms with Gasteiger partial charge in [0.2, 0.25) is 0 Å². The number of para-hydroxylation sites is 1. The largest absolute Gasteiger partial charge is 0.384 e. The van der Waals surface area contributed by atoms with E-state index in [2.05, 4.69) is 5.32 Å². The maximum absolute atomic E-state index is 11.8. The molecule has 1 aromatic rings. The summed E-state index contributed by atoms with van der Waals surface area (Å²) in [5.74, 6) is 0.144. The van der Waals surface area contributed by atoms with E-state index in [1.165, 1.54) is 0 Å². The van der Waals surface area contributed by atoms with E-state index in [9.17, 15) is 13.2 Å². The molecule has 0 amide bonds. The Kier molecular flexibility index (Phi) is 3.71. The van der Waals surface area contributed by atoms with Gasteiger partial charge in [-0.1, -0.05) is 18.2 Å². The van der Waals surface area contributed by atoms with Crippen LogP contribution in [0.4, 0.5) is 5.69 Å². The number of carbonyl (C=O) groups excluding carboxylic acids is 1. The number of nitrogens with one attached hydrogen (secondary N) is 1. The lowest BCUT2D eigenvalue weighted by Gasteiger charge is -2.08. The van der Waals surface area contributed by atoms with Crippen molar-refractivity contribution in [2.75, 3.05) is 23.9 Å². The normalized spacial score (nSPS) is 18.2. The molecule has 0 saturated heterocycles. The number of ketones is 1. The number of carbonyl (C=O) groups is 1. The standard InChI is InChI=1S/C13H17NO3S/c1-18(16,17)7-6-11(15)8-10-9-14-13-5-3-2-4-12(10)13/h2-5,10,14H,6-9H2,1H3. The lowest BCUT2D eigenvalue weighted by atomic mass is 9.95. The first-order valence-electron chi connectivity index (χ1n) is 5.98. The molecule has 1 aromatic carbocycles. The number of sulfone groups is 1. The Bertz CT molecular complexity index is 551. The SMILES string of the molecule is CS(=O)(=O)CCC(=O)CC1CNc2ccccc21. The summed E-state index contributed by atoms with van der Waals surface area (Å²) in [5, 5.41) is 3.26. The van der Waals surface area contributed by atoms with Crippen molar-refractivity contribution in [2.45, 2.75) is 18.8 Å². The van der Waals surface area contributed by atoms with Crippen LogP contribution in [0.1, 0.15) is 24.3 Å². The van der Waals surface area contributed by atoms with Gasteiger partial charge in [0, 0.05) is 37.2 Å². The van der Waals surface area contributed by atoms with Gasteiger partial charge in [-0.15, -0.1) is 0 Å². The molecule has 4 nitrogen and oxygen atoms in total. The van der Waals surface area contributed by atoms with Crippen molar-refractivity contribution in [1.82, 2.24) is 0 Å². The molecule has 1 heterocycles. The molecular weight excluding hydrogens is 250 g/mol. The van der Waals surface area contributed by atoms with Crippen LogP contribution in [-0.2, 0) is 14.6 Å². The fourth-order valence-corrected chi connectivity index (χ4v) is 2.81. The number of hydrogen-bond donors (Lipinski definition) is 1. The van der Waals surface area contributed by atoms with Crippen molar-refractivity contribution in [3.8, 4) is 0 Å². The molecule has 0 bridgehead atoms. The molecule has 98 valence electrons. The van der Waals surface area contributed by atoms with E-state index in [1.807, 2.05) is 24.3 Å². The number of fused-ring (bicyclic) bond motifs is 1. The third-order valence-electron chi connectivity index (χ3n) is 3.17. The van der Waals surface area contributed by atoms with Crippen molar-refractivity contribution in [3.63, 3.8) is 0 Å². The topological polar surface area (TPSA) is 63.2 Å². The van der Waals surface area contributed by atoms with E-state index < -0.39 is 9.84 Å². The highest BCUT2D eigenvalue weighted by atomic mass is 32.2. The van der Waals surface area contributed by atoms with Gasteiger partial charge in [0.1, 0.15) is 15.6 Å². The van der Waals surface area contributed by atoms with Crippen LogP contribution >= 0.6 is 0 Å². The second-order valence-electron chi connectivity index (χ2n) is 4.79. The van der Waals surface area contributed by atoms with E-state index in [0.29, 0.717) is 6.42 Å². The molecule has 0 saturated carbocycles. The van der Waals surface area contributed by atoms with Crippen molar-refractivity contribution in [2.24, 2.45) is 0 Å². The summed E-state index contributed by atoms with van der Waals surface area (Å²) in [5.41, 5.74) is 2.24.